The first kappa shape index (κ1) is 10.9. The van der Waals surface area contributed by atoms with Gasteiger partial charge in [-0.3, -0.25) is 4.79 Å². The number of carbonyl (C=O) groups excluding carboxylic acids is 1. The lowest BCUT2D eigenvalue weighted by molar-refractivity contribution is -0.00351. The van der Waals surface area contributed by atoms with Crippen LogP contribution in [0.4, 0.5) is 0 Å². The van der Waals surface area contributed by atoms with Gasteiger partial charge in [0.25, 0.3) is 5.91 Å². The lowest BCUT2D eigenvalue weighted by atomic mass is 9.98. The van der Waals surface area contributed by atoms with E-state index in [1.165, 1.54) is 0 Å². The maximum absolute atomic E-state index is 12.0. The molecule has 0 bridgehead atoms. The van der Waals surface area contributed by atoms with Crippen molar-refractivity contribution >= 4 is 17.5 Å². The molecule has 0 aliphatic carbocycles. The van der Waals surface area contributed by atoms with E-state index in [0.717, 1.165) is 25.9 Å². The smallest absolute Gasteiger partial charge is 0.258 e. The summed E-state index contributed by atoms with van der Waals surface area (Å²) in [5.74, 6) is 0.524. The topological polar surface area (TPSA) is 50.4 Å². The Kier molecular flexibility index (Phi) is 2.49. The molecule has 0 saturated carbocycles. The molecule has 0 aromatic heterocycles. The molecule has 3 rings (SSSR count). The summed E-state index contributed by atoms with van der Waals surface area (Å²) in [4.78, 5) is 12.0. The molecule has 4 nitrogen and oxygen atoms in total. The first-order valence-corrected chi connectivity index (χ1v) is 6.08. The number of hydrogen-bond acceptors (Lipinski definition) is 3. The summed E-state index contributed by atoms with van der Waals surface area (Å²) in [5.41, 5.74) is -0.0231. The van der Waals surface area contributed by atoms with Crippen molar-refractivity contribution in [1.29, 1.82) is 0 Å². The van der Waals surface area contributed by atoms with Crippen LogP contribution in [0.3, 0.4) is 0 Å². The Morgan fingerprint density at radius 1 is 1.29 bits per heavy atom. The van der Waals surface area contributed by atoms with Gasteiger partial charge in [-0.1, -0.05) is 11.6 Å². The number of nitrogens with one attached hydrogen (secondary N) is 2. The van der Waals surface area contributed by atoms with Gasteiger partial charge in [-0.05, 0) is 18.2 Å². The molecule has 0 atom stereocenters. The second-order valence-electron chi connectivity index (χ2n) is 4.44. The van der Waals surface area contributed by atoms with E-state index in [9.17, 15) is 4.79 Å². The normalized spacial score (nSPS) is 21.6. The maximum Gasteiger partial charge on any atom is 0.258 e. The molecular formula is C12H13ClN2O2. The first-order chi connectivity index (χ1) is 8.19. The number of ether oxygens (including phenoxy) is 1. The van der Waals surface area contributed by atoms with Crippen LogP contribution < -0.4 is 15.4 Å². The summed E-state index contributed by atoms with van der Waals surface area (Å²) >= 11 is 5.87. The standard InChI is InChI=1S/C12H13ClN2O2/c13-8-1-2-10-9(7-8)11(16)15-12(17-10)3-5-14-6-4-12/h1-2,7,14H,3-6H2,(H,15,16). The van der Waals surface area contributed by atoms with Gasteiger partial charge in [0.05, 0.1) is 5.56 Å². The second-order valence-corrected chi connectivity index (χ2v) is 4.88. The molecule has 2 N–H and O–H groups in total. The molecule has 1 aromatic rings. The van der Waals surface area contributed by atoms with Gasteiger partial charge in [-0.25, -0.2) is 0 Å². The van der Waals surface area contributed by atoms with Gasteiger partial charge in [0.2, 0.25) is 0 Å². The summed E-state index contributed by atoms with van der Waals surface area (Å²) < 4.78 is 5.96. The fraction of sp³-hybridized carbons (Fsp3) is 0.417. The van der Waals surface area contributed by atoms with Gasteiger partial charge in [0.1, 0.15) is 5.75 Å². The number of rotatable bonds is 0. The zero-order valence-electron chi connectivity index (χ0n) is 9.25. The largest absolute Gasteiger partial charge is 0.467 e. The molecular weight excluding hydrogens is 240 g/mol. The Morgan fingerprint density at radius 3 is 2.82 bits per heavy atom. The molecule has 0 unspecified atom stereocenters. The number of amides is 1. The van der Waals surface area contributed by atoms with Crippen LogP contribution in [0.2, 0.25) is 5.02 Å². The molecule has 2 heterocycles. The highest BCUT2D eigenvalue weighted by Crippen LogP contribution is 2.33. The minimum atomic E-state index is -0.539. The number of halogens is 1. The fourth-order valence-electron chi connectivity index (χ4n) is 2.34. The lowest BCUT2D eigenvalue weighted by Crippen LogP contribution is -2.60. The molecule has 0 radical (unpaired) electrons. The van der Waals surface area contributed by atoms with Crippen molar-refractivity contribution < 1.29 is 9.53 Å². The van der Waals surface area contributed by atoms with E-state index in [1.807, 2.05) is 0 Å². The van der Waals surface area contributed by atoms with Crippen molar-refractivity contribution in [2.24, 2.45) is 0 Å². The third-order valence-electron chi connectivity index (χ3n) is 3.24. The summed E-state index contributed by atoms with van der Waals surface area (Å²) in [6.45, 7) is 1.70. The minimum absolute atomic E-state index is 0.101. The van der Waals surface area contributed by atoms with E-state index in [-0.39, 0.29) is 5.91 Å². The number of carbonyl (C=O) groups is 1. The SMILES string of the molecule is O=C1NC2(CCNCC2)Oc2ccc(Cl)cc21. The van der Waals surface area contributed by atoms with Gasteiger partial charge in [0.15, 0.2) is 5.72 Å². The second kappa shape index (κ2) is 3.89. The quantitative estimate of drug-likeness (QED) is 0.737. The molecule has 5 heteroatoms. The third-order valence-corrected chi connectivity index (χ3v) is 3.48. The zero-order valence-corrected chi connectivity index (χ0v) is 10.0. The summed E-state index contributed by atoms with van der Waals surface area (Å²) in [6, 6.07) is 5.15. The van der Waals surface area contributed by atoms with Gasteiger partial charge in [-0.15, -0.1) is 0 Å². The molecule has 1 aromatic carbocycles. The van der Waals surface area contributed by atoms with Gasteiger partial charge in [-0.2, -0.15) is 0 Å². The molecule has 1 saturated heterocycles. The zero-order chi connectivity index (χ0) is 11.9. The number of benzene rings is 1. The number of piperidine rings is 1. The van der Waals surface area contributed by atoms with Crippen LogP contribution >= 0.6 is 11.6 Å². The van der Waals surface area contributed by atoms with Crippen LogP contribution in [0.15, 0.2) is 18.2 Å². The van der Waals surface area contributed by atoms with Crippen molar-refractivity contribution in [1.82, 2.24) is 10.6 Å². The van der Waals surface area contributed by atoms with Crippen LogP contribution in [-0.4, -0.2) is 24.7 Å². The fourth-order valence-corrected chi connectivity index (χ4v) is 2.51. The highest BCUT2D eigenvalue weighted by atomic mass is 35.5. The molecule has 2 aliphatic heterocycles. The highest BCUT2D eigenvalue weighted by molar-refractivity contribution is 6.31. The van der Waals surface area contributed by atoms with Crippen molar-refractivity contribution in [3.8, 4) is 5.75 Å². The van der Waals surface area contributed by atoms with Crippen molar-refractivity contribution in [3.63, 3.8) is 0 Å². The average Bonchev–Trinajstić information content (AvgIpc) is 2.31. The Labute approximate surface area is 104 Å². The first-order valence-electron chi connectivity index (χ1n) is 5.70. The van der Waals surface area contributed by atoms with Crippen molar-refractivity contribution in [2.45, 2.75) is 18.6 Å². The van der Waals surface area contributed by atoms with Crippen molar-refractivity contribution in [2.75, 3.05) is 13.1 Å². The number of fused-ring (bicyclic) bond motifs is 1. The maximum atomic E-state index is 12.0. The van der Waals surface area contributed by atoms with Gasteiger partial charge in [0, 0.05) is 31.0 Å². The molecule has 1 spiro atoms. The van der Waals surface area contributed by atoms with Crippen LogP contribution in [0.1, 0.15) is 23.2 Å². The van der Waals surface area contributed by atoms with E-state index in [4.69, 9.17) is 16.3 Å². The van der Waals surface area contributed by atoms with E-state index in [1.54, 1.807) is 18.2 Å². The Balaban J connectivity index is 1.97. The monoisotopic (exact) mass is 252 g/mol. The molecule has 17 heavy (non-hydrogen) atoms. The van der Waals surface area contributed by atoms with E-state index < -0.39 is 5.72 Å². The minimum Gasteiger partial charge on any atom is -0.467 e. The molecule has 2 aliphatic rings. The molecule has 1 fully saturated rings. The van der Waals surface area contributed by atoms with Crippen molar-refractivity contribution in [3.05, 3.63) is 28.8 Å². The highest BCUT2D eigenvalue weighted by Gasteiger charge is 2.40. The Bertz CT molecular complexity index is 470. The summed E-state index contributed by atoms with van der Waals surface area (Å²) in [6.07, 6.45) is 1.56. The number of hydrogen-bond donors (Lipinski definition) is 2. The van der Waals surface area contributed by atoms with E-state index >= 15 is 0 Å². The summed E-state index contributed by atoms with van der Waals surface area (Å²) in [7, 11) is 0. The van der Waals surface area contributed by atoms with E-state index in [0.29, 0.717) is 16.3 Å². The van der Waals surface area contributed by atoms with E-state index in [2.05, 4.69) is 10.6 Å². The predicted molar refractivity (Wildman–Crippen MR) is 64.4 cm³/mol. The van der Waals surface area contributed by atoms with Crippen LogP contribution in [0.25, 0.3) is 0 Å². The Hall–Kier alpha value is -1.26. The molecule has 90 valence electrons. The van der Waals surface area contributed by atoms with Crippen LogP contribution in [0, 0.1) is 0 Å². The van der Waals surface area contributed by atoms with Gasteiger partial charge >= 0.3 is 0 Å². The van der Waals surface area contributed by atoms with Crippen LogP contribution in [0.5, 0.6) is 5.75 Å². The lowest BCUT2D eigenvalue weighted by Gasteiger charge is -2.41. The molecule has 1 amide bonds. The van der Waals surface area contributed by atoms with Crippen LogP contribution in [-0.2, 0) is 0 Å². The summed E-state index contributed by atoms with van der Waals surface area (Å²) in [5, 5.41) is 6.75. The van der Waals surface area contributed by atoms with Gasteiger partial charge < -0.3 is 15.4 Å². The third kappa shape index (κ3) is 1.87. The average molecular weight is 253 g/mol. The predicted octanol–water partition coefficient (Wildman–Crippen LogP) is 1.54. The Morgan fingerprint density at radius 2 is 2.06 bits per heavy atom.